The summed E-state index contributed by atoms with van der Waals surface area (Å²) in [6.07, 6.45) is 6.39. The van der Waals surface area contributed by atoms with Crippen LogP contribution in [0.3, 0.4) is 0 Å². The number of piperidine rings is 1. The molecule has 9 heteroatoms. The molecule has 2 saturated heterocycles. The molecule has 0 saturated carbocycles. The maximum atomic E-state index is 12.5. The zero-order valence-electron chi connectivity index (χ0n) is 15.6. The number of aryl methyl sites for hydroxylation is 1. The summed E-state index contributed by atoms with van der Waals surface area (Å²) in [6.45, 7) is 7.53. The lowest BCUT2D eigenvalue weighted by molar-refractivity contribution is -0.125. The third kappa shape index (κ3) is 4.65. The van der Waals surface area contributed by atoms with Crippen molar-refractivity contribution in [1.29, 1.82) is 0 Å². The Morgan fingerprint density at radius 1 is 1.30 bits per heavy atom. The van der Waals surface area contributed by atoms with Crippen LogP contribution in [0.2, 0.25) is 0 Å². The average Bonchev–Trinajstić information content (AvgIpc) is 3.43. The van der Waals surface area contributed by atoms with E-state index in [0.717, 1.165) is 58.5 Å². The monoisotopic (exact) mass is 390 g/mol. The second-order valence-electron chi connectivity index (χ2n) is 7.52. The van der Waals surface area contributed by atoms with Crippen LogP contribution in [-0.4, -0.2) is 58.9 Å². The first kappa shape index (κ1) is 18.4. The SMILES string of the molecule is Cc1cnc(CN2CCC(CNC(=O)C3CCN(c4cnno4)CC3)C2)s1. The fourth-order valence-corrected chi connectivity index (χ4v) is 4.77. The van der Waals surface area contributed by atoms with E-state index < -0.39 is 0 Å². The Morgan fingerprint density at radius 3 is 2.85 bits per heavy atom. The van der Waals surface area contributed by atoms with E-state index in [1.165, 1.54) is 9.88 Å². The number of carbonyl (C=O) groups excluding carboxylic acids is 1. The van der Waals surface area contributed by atoms with E-state index in [1.54, 1.807) is 17.5 Å². The molecule has 1 atom stereocenters. The maximum absolute atomic E-state index is 12.5. The highest BCUT2D eigenvalue weighted by molar-refractivity contribution is 7.11. The normalized spacial score (nSPS) is 21.7. The van der Waals surface area contributed by atoms with E-state index in [2.05, 4.69) is 37.4 Å². The van der Waals surface area contributed by atoms with Gasteiger partial charge in [0.1, 0.15) is 11.2 Å². The minimum Gasteiger partial charge on any atom is -0.356 e. The molecule has 146 valence electrons. The van der Waals surface area contributed by atoms with Crippen molar-refractivity contribution in [2.24, 2.45) is 11.8 Å². The van der Waals surface area contributed by atoms with Gasteiger partial charge < -0.3 is 14.7 Å². The summed E-state index contributed by atoms with van der Waals surface area (Å²) in [5.74, 6) is 1.51. The molecule has 0 bridgehead atoms. The van der Waals surface area contributed by atoms with Crippen molar-refractivity contribution in [1.82, 2.24) is 25.6 Å². The first-order valence-electron chi connectivity index (χ1n) is 9.61. The summed E-state index contributed by atoms with van der Waals surface area (Å²) in [5.41, 5.74) is 0. The molecule has 1 amide bonds. The van der Waals surface area contributed by atoms with Gasteiger partial charge in [0.15, 0.2) is 0 Å². The molecule has 1 N–H and O–H groups in total. The Kier molecular flexibility index (Phi) is 5.68. The third-order valence-corrected chi connectivity index (χ3v) is 6.39. The molecule has 2 aliphatic heterocycles. The standard InChI is InChI=1S/C18H26N6O2S/c1-13-8-19-16(27-13)12-23-5-2-14(11-23)9-20-18(25)15-3-6-24(7-4-15)17-10-21-22-26-17/h8,10,14-15H,2-7,9,11-12H2,1H3,(H,20,25). The molecule has 8 nitrogen and oxygen atoms in total. The zero-order chi connectivity index (χ0) is 18.6. The van der Waals surface area contributed by atoms with Gasteiger partial charge in [-0.15, -0.1) is 16.4 Å². The van der Waals surface area contributed by atoms with Crippen LogP contribution in [0.1, 0.15) is 29.1 Å². The first-order valence-corrected chi connectivity index (χ1v) is 10.4. The Labute approximate surface area is 162 Å². The van der Waals surface area contributed by atoms with Crippen molar-refractivity contribution in [2.45, 2.75) is 32.7 Å². The predicted molar refractivity (Wildman–Crippen MR) is 102 cm³/mol. The van der Waals surface area contributed by atoms with Crippen LogP contribution in [0.25, 0.3) is 0 Å². The lowest BCUT2D eigenvalue weighted by Gasteiger charge is -2.30. The molecule has 2 aromatic heterocycles. The molecule has 4 rings (SSSR count). The van der Waals surface area contributed by atoms with Gasteiger partial charge in [0.05, 0.1) is 6.54 Å². The molecule has 0 spiro atoms. The van der Waals surface area contributed by atoms with Gasteiger partial charge in [0.25, 0.3) is 0 Å². The molecule has 0 aromatic carbocycles. The minimum atomic E-state index is 0.0907. The summed E-state index contributed by atoms with van der Waals surface area (Å²) >= 11 is 1.77. The van der Waals surface area contributed by atoms with Crippen LogP contribution in [0.15, 0.2) is 16.9 Å². The lowest BCUT2D eigenvalue weighted by atomic mass is 9.95. The van der Waals surface area contributed by atoms with E-state index in [1.807, 2.05) is 6.20 Å². The van der Waals surface area contributed by atoms with E-state index in [4.69, 9.17) is 4.52 Å². The van der Waals surface area contributed by atoms with E-state index in [-0.39, 0.29) is 11.8 Å². The molecule has 4 heterocycles. The van der Waals surface area contributed by atoms with Crippen molar-refractivity contribution < 1.29 is 9.32 Å². The van der Waals surface area contributed by atoms with Gasteiger partial charge in [0.2, 0.25) is 11.8 Å². The molecule has 1 unspecified atom stereocenters. The van der Waals surface area contributed by atoms with Crippen LogP contribution in [0, 0.1) is 18.8 Å². The van der Waals surface area contributed by atoms with Crippen LogP contribution in [-0.2, 0) is 11.3 Å². The van der Waals surface area contributed by atoms with Crippen molar-refractivity contribution in [3.63, 3.8) is 0 Å². The Balaban J connectivity index is 1.17. The fourth-order valence-electron chi connectivity index (χ4n) is 3.94. The number of thiazole rings is 1. The lowest BCUT2D eigenvalue weighted by Crippen LogP contribution is -2.42. The van der Waals surface area contributed by atoms with Gasteiger partial charge in [-0.1, -0.05) is 0 Å². The van der Waals surface area contributed by atoms with Gasteiger partial charge in [-0.2, -0.15) is 0 Å². The van der Waals surface area contributed by atoms with Gasteiger partial charge in [0, 0.05) is 48.4 Å². The van der Waals surface area contributed by atoms with Gasteiger partial charge in [-0.05, 0) is 38.6 Å². The number of anilines is 1. The number of hydrogen-bond donors (Lipinski definition) is 1. The summed E-state index contributed by atoms with van der Waals surface area (Å²) in [7, 11) is 0. The van der Waals surface area contributed by atoms with E-state index >= 15 is 0 Å². The highest BCUT2D eigenvalue weighted by Crippen LogP contribution is 2.23. The van der Waals surface area contributed by atoms with Crippen molar-refractivity contribution in [3.8, 4) is 0 Å². The summed E-state index contributed by atoms with van der Waals surface area (Å²) in [5, 5.41) is 11.6. The molecule has 0 aliphatic carbocycles. The van der Waals surface area contributed by atoms with Gasteiger partial charge >= 0.3 is 0 Å². The number of aromatic nitrogens is 3. The predicted octanol–water partition coefficient (Wildman–Crippen LogP) is 1.69. The van der Waals surface area contributed by atoms with Gasteiger partial charge in [-0.25, -0.2) is 4.98 Å². The molecule has 2 fully saturated rings. The quantitative estimate of drug-likeness (QED) is 0.803. The Hall–Kier alpha value is -2.00. The smallest absolute Gasteiger partial charge is 0.247 e. The highest BCUT2D eigenvalue weighted by Gasteiger charge is 2.28. The number of amides is 1. The van der Waals surface area contributed by atoms with E-state index in [0.29, 0.717) is 11.8 Å². The molecule has 27 heavy (non-hydrogen) atoms. The highest BCUT2D eigenvalue weighted by atomic mass is 32.1. The largest absolute Gasteiger partial charge is 0.356 e. The summed E-state index contributed by atoms with van der Waals surface area (Å²) in [6, 6.07) is 0. The maximum Gasteiger partial charge on any atom is 0.247 e. The van der Waals surface area contributed by atoms with Gasteiger partial charge in [-0.3, -0.25) is 9.69 Å². The second-order valence-corrected chi connectivity index (χ2v) is 8.84. The molecular weight excluding hydrogens is 364 g/mol. The van der Waals surface area contributed by atoms with Crippen molar-refractivity contribution in [2.75, 3.05) is 37.6 Å². The number of nitrogens with zero attached hydrogens (tertiary/aromatic N) is 5. The molecule has 2 aromatic rings. The molecular formula is C18H26N6O2S. The van der Waals surface area contributed by atoms with Crippen LogP contribution < -0.4 is 10.2 Å². The average molecular weight is 391 g/mol. The second kappa shape index (κ2) is 8.35. The number of nitrogens with one attached hydrogen (secondary N) is 1. The topological polar surface area (TPSA) is 87.4 Å². The van der Waals surface area contributed by atoms with Crippen LogP contribution >= 0.6 is 11.3 Å². The number of carbonyl (C=O) groups is 1. The number of rotatable bonds is 6. The van der Waals surface area contributed by atoms with Crippen molar-refractivity contribution >= 4 is 23.1 Å². The zero-order valence-corrected chi connectivity index (χ0v) is 16.5. The Bertz CT molecular complexity index is 741. The summed E-state index contributed by atoms with van der Waals surface area (Å²) in [4.78, 5) is 22.8. The number of likely N-dealkylation sites (tertiary alicyclic amines) is 1. The Morgan fingerprint density at radius 2 is 2.15 bits per heavy atom. The summed E-state index contributed by atoms with van der Waals surface area (Å²) < 4.78 is 5.09. The van der Waals surface area contributed by atoms with Crippen LogP contribution in [0.4, 0.5) is 5.88 Å². The van der Waals surface area contributed by atoms with Crippen molar-refractivity contribution in [3.05, 3.63) is 22.3 Å². The fraction of sp³-hybridized carbons (Fsp3) is 0.667. The van der Waals surface area contributed by atoms with Crippen LogP contribution in [0.5, 0.6) is 0 Å². The van der Waals surface area contributed by atoms with E-state index in [9.17, 15) is 4.79 Å². The minimum absolute atomic E-state index is 0.0907. The third-order valence-electron chi connectivity index (χ3n) is 5.49. The molecule has 0 radical (unpaired) electrons. The molecule has 2 aliphatic rings. The first-order chi connectivity index (χ1) is 13.2. The number of hydrogen-bond acceptors (Lipinski definition) is 8.